The highest BCUT2D eigenvalue weighted by atomic mass is 16.5. The normalized spacial score (nSPS) is 23.4. The Morgan fingerprint density at radius 1 is 0.941 bits per heavy atom. The highest BCUT2D eigenvalue weighted by molar-refractivity contribution is 5.87. The number of amides is 2. The number of aliphatic carboxylic acids is 1. The highest BCUT2D eigenvalue weighted by Gasteiger charge is 2.43. The van der Waals surface area contributed by atoms with E-state index in [9.17, 15) is 19.5 Å². The molecule has 3 aliphatic rings. The van der Waals surface area contributed by atoms with Crippen LogP contribution in [0.25, 0.3) is 11.1 Å². The third-order valence-corrected chi connectivity index (χ3v) is 7.67. The number of carbonyl (C=O) groups is 3. The van der Waals surface area contributed by atoms with Crippen molar-refractivity contribution in [1.29, 1.82) is 0 Å². The molecule has 7 nitrogen and oxygen atoms in total. The van der Waals surface area contributed by atoms with Crippen LogP contribution in [-0.4, -0.2) is 53.7 Å². The number of hydrogen-bond donors (Lipinski definition) is 2. The molecule has 7 heteroatoms. The number of fused-ring (bicyclic) bond motifs is 3. The number of carbonyl (C=O) groups excluding carboxylic acids is 2. The average molecular weight is 463 g/mol. The molecule has 0 radical (unpaired) electrons. The summed E-state index contributed by atoms with van der Waals surface area (Å²) in [6.07, 6.45) is 3.55. The predicted octanol–water partition coefficient (Wildman–Crippen LogP) is 4.02. The lowest BCUT2D eigenvalue weighted by Crippen LogP contribution is -2.58. The predicted molar refractivity (Wildman–Crippen MR) is 126 cm³/mol. The quantitative estimate of drug-likeness (QED) is 0.676. The minimum atomic E-state index is -0.941. The first-order chi connectivity index (χ1) is 16.5. The minimum Gasteiger partial charge on any atom is -0.480 e. The van der Waals surface area contributed by atoms with E-state index in [4.69, 9.17) is 4.74 Å². The maximum Gasteiger partial charge on any atom is 0.407 e. The van der Waals surface area contributed by atoms with E-state index < -0.39 is 18.1 Å². The lowest BCUT2D eigenvalue weighted by atomic mass is 9.77. The summed E-state index contributed by atoms with van der Waals surface area (Å²) in [5, 5.41) is 12.2. The van der Waals surface area contributed by atoms with Crippen LogP contribution in [0, 0.1) is 11.8 Å². The Hall–Kier alpha value is -3.35. The summed E-state index contributed by atoms with van der Waals surface area (Å²) in [6.45, 7) is 1.11. The first kappa shape index (κ1) is 22.4. The van der Waals surface area contributed by atoms with Crippen LogP contribution in [0.1, 0.15) is 49.1 Å². The van der Waals surface area contributed by atoms with Crippen molar-refractivity contribution in [3.63, 3.8) is 0 Å². The lowest BCUT2D eigenvalue weighted by molar-refractivity contribution is -0.160. The summed E-state index contributed by atoms with van der Waals surface area (Å²) in [4.78, 5) is 38.4. The molecular formula is C27H30N2O5. The van der Waals surface area contributed by atoms with Crippen molar-refractivity contribution in [2.45, 2.75) is 44.1 Å². The van der Waals surface area contributed by atoms with Gasteiger partial charge in [0.05, 0.1) is 0 Å². The summed E-state index contributed by atoms with van der Waals surface area (Å²) in [6, 6.07) is 15.7. The number of ether oxygens (including phenoxy) is 1. The van der Waals surface area contributed by atoms with Gasteiger partial charge >= 0.3 is 12.1 Å². The van der Waals surface area contributed by atoms with Gasteiger partial charge in [0.2, 0.25) is 5.91 Å². The molecule has 1 heterocycles. The van der Waals surface area contributed by atoms with Crippen LogP contribution in [0.3, 0.4) is 0 Å². The zero-order chi connectivity index (χ0) is 23.7. The molecule has 1 aliphatic heterocycles. The summed E-state index contributed by atoms with van der Waals surface area (Å²) in [5.41, 5.74) is 4.69. The van der Waals surface area contributed by atoms with Gasteiger partial charge in [-0.1, -0.05) is 61.4 Å². The second-order valence-electron chi connectivity index (χ2n) is 9.53. The van der Waals surface area contributed by atoms with Crippen molar-refractivity contribution in [2.75, 3.05) is 19.7 Å². The molecule has 178 valence electrons. The Kier molecular flexibility index (Phi) is 6.26. The van der Waals surface area contributed by atoms with Gasteiger partial charge in [-0.25, -0.2) is 9.59 Å². The molecule has 2 aromatic carbocycles. The molecule has 2 N–H and O–H groups in total. The average Bonchev–Trinajstić information content (AvgIpc) is 3.14. The molecular weight excluding hydrogens is 432 g/mol. The summed E-state index contributed by atoms with van der Waals surface area (Å²) < 4.78 is 5.63. The van der Waals surface area contributed by atoms with Gasteiger partial charge in [0, 0.05) is 24.9 Å². The molecule has 0 bridgehead atoms. The zero-order valence-electron chi connectivity index (χ0n) is 19.1. The fourth-order valence-corrected chi connectivity index (χ4v) is 5.76. The molecule has 1 saturated heterocycles. The van der Waals surface area contributed by atoms with E-state index in [1.807, 2.05) is 24.3 Å². The van der Waals surface area contributed by atoms with Gasteiger partial charge in [-0.15, -0.1) is 0 Å². The molecule has 34 heavy (non-hydrogen) atoms. The highest BCUT2D eigenvalue weighted by Crippen LogP contribution is 2.44. The molecule has 2 fully saturated rings. The second-order valence-corrected chi connectivity index (χ2v) is 9.53. The molecule has 5 rings (SSSR count). The van der Waals surface area contributed by atoms with Crippen molar-refractivity contribution >= 4 is 18.0 Å². The SMILES string of the molecule is O=C(NC[C@H]1CCCC[C@H]1C(=O)N1CCC1C(=O)O)OCC1c2ccccc2-c2ccccc21. The van der Waals surface area contributed by atoms with Gasteiger partial charge in [-0.2, -0.15) is 0 Å². The number of alkyl carbamates (subject to hydrolysis) is 1. The van der Waals surface area contributed by atoms with Gasteiger partial charge < -0.3 is 20.1 Å². The number of hydrogen-bond acceptors (Lipinski definition) is 4. The van der Waals surface area contributed by atoms with Crippen molar-refractivity contribution in [1.82, 2.24) is 10.2 Å². The van der Waals surface area contributed by atoms with Gasteiger partial charge in [-0.3, -0.25) is 4.79 Å². The maximum atomic E-state index is 13.0. The van der Waals surface area contributed by atoms with Crippen LogP contribution < -0.4 is 5.32 Å². The third-order valence-electron chi connectivity index (χ3n) is 7.67. The molecule has 1 unspecified atom stereocenters. The number of likely N-dealkylation sites (tertiary alicyclic amines) is 1. The Morgan fingerprint density at radius 2 is 1.59 bits per heavy atom. The lowest BCUT2D eigenvalue weighted by Gasteiger charge is -2.42. The Balaban J connectivity index is 1.18. The fourth-order valence-electron chi connectivity index (χ4n) is 5.76. The van der Waals surface area contributed by atoms with Gasteiger partial charge in [-0.05, 0) is 47.4 Å². The van der Waals surface area contributed by atoms with Crippen molar-refractivity contribution in [3.05, 3.63) is 59.7 Å². The maximum absolute atomic E-state index is 13.0. The third kappa shape index (κ3) is 4.15. The topological polar surface area (TPSA) is 95.9 Å². The van der Waals surface area contributed by atoms with Crippen molar-refractivity contribution < 1.29 is 24.2 Å². The van der Waals surface area contributed by atoms with E-state index >= 15 is 0 Å². The number of carboxylic acid groups (broad SMARTS) is 1. The van der Waals surface area contributed by atoms with E-state index in [1.54, 1.807) is 0 Å². The molecule has 2 aliphatic carbocycles. The molecule has 2 aromatic rings. The van der Waals surface area contributed by atoms with Crippen molar-refractivity contribution in [3.8, 4) is 11.1 Å². The van der Waals surface area contributed by atoms with Crippen LogP contribution in [0.2, 0.25) is 0 Å². The van der Waals surface area contributed by atoms with Crippen LogP contribution in [-0.2, 0) is 14.3 Å². The first-order valence-corrected chi connectivity index (χ1v) is 12.2. The molecule has 0 spiro atoms. The van der Waals surface area contributed by atoms with E-state index in [2.05, 4.69) is 29.6 Å². The fraction of sp³-hybridized carbons (Fsp3) is 0.444. The number of nitrogens with one attached hydrogen (secondary N) is 1. The van der Waals surface area contributed by atoms with E-state index in [-0.39, 0.29) is 30.3 Å². The van der Waals surface area contributed by atoms with E-state index in [1.165, 1.54) is 16.0 Å². The van der Waals surface area contributed by atoms with E-state index in [0.29, 0.717) is 19.5 Å². The molecule has 0 aromatic heterocycles. The first-order valence-electron chi connectivity index (χ1n) is 12.2. The molecule has 2 amide bonds. The zero-order valence-corrected chi connectivity index (χ0v) is 19.1. The molecule has 1 saturated carbocycles. The Morgan fingerprint density at radius 3 is 2.21 bits per heavy atom. The van der Waals surface area contributed by atoms with Gasteiger partial charge in [0.1, 0.15) is 12.6 Å². The number of nitrogens with zero attached hydrogens (tertiary/aromatic N) is 1. The van der Waals surface area contributed by atoms with E-state index in [0.717, 1.165) is 36.8 Å². The summed E-state index contributed by atoms with van der Waals surface area (Å²) >= 11 is 0. The number of rotatable bonds is 6. The van der Waals surface area contributed by atoms with Gasteiger partial charge in [0.25, 0.3) is 0 Å². The number of carboxylic acids is 1. The molecule has 3 atom stereocenters. The standard InChI is InChI=1S/C27H30N2O5/c30-25(29-14-13-24(29)26(31)32)18-8-2-1-7-17(18)15-28-27(33)34-16-23-21-11-5-3-9-19(21)20-10-4-6-12-22(20)23/h3-6,9-12,17-18,23-24H,1-2,7-8,13-16H2,(H,28,33)(H,31,32)/t17-,18-,24?/m1/s1. The smallest absolute Gasteiger partial charge is 0.407 e. The van der Waals surface area contributed by atoms with Crippen LogP contribution in [0.4, 0.5) is 4.79 Å². The summed E-state index contributed by atoms with van der Waals surface area (Å²) in [7, 11) is 0. The van der Waals surface area contributed by atoms with Crippen LogP contribution in [0.5, 0.6) is 0 Å². The number of benzene rings is 2. The summed E-state index contributed by atoms with van der Waals surface area (Å²) in [5.74, 6) is -1.27. The Labute approximate surface area is 199 Å². The second kappa shape index (κ2) is 9.49. The minimum absolute atomic E-state index is 0.00141. The monoisotopic (exact) mass is 462 g/mol. The van der Waals surface area contributed by atoms with Crippen LogP contribution >= 0.6 is 0 Å². The van der Waals surface area contributed by atoms with Crippen molar-refractivity contribution in [2.24, 2.45) is 11.8 Å². The Bertz CT molecular complexity index is 1050. The largest absolute Gasteiger partial charge is 0.480 e. The van der Waals surface area contributed by atoms with Gasteiger partial charge in [0.15, 0.2) is 0 Å². The van der Waals surface area contributed by atoms with Crippen LogP contribution in [0.15, 0.2) is 48.5 Å².